The monoisotopic (exact) mass is 977 g/mol. The average molecular weight is 979 g/mol. The second kappa shape index (κ2) is 21.4. The summed E-state index contributed by atoms with van der Waals surface area (Å²) in [6.45, 7) is 10.5. The van der Waals surface area contributed by atoms with Crippen LogP contribution in [0.1, 0.15) is 79.2 Å². The highest BCUT2D eigenvalue weighted by molar-refractivity contribution is 8.77. The van der Waals surface area contributed by atoms with Gasteiger partial charge in [0.25, 0.3) is 10.1 Å². The maximum absolute atomic E-state index is 14.3. The summed E-state index contributed by atoms with van der Waals surface area (Å²) in [4.78, 5) is 68.5. The van der Waals surface area contributed by atoms with Crippen LogP contribution in [-0.4, -0.2) is 144 Å². The highest BCUT2D eigenvalue weighted by atomic mass is 35.5. The van der Waals surface area contributed by atoms with E-state index in [2.05, 4.69) is 5.32 Å². The number of halogens is 1. The molecule has 64 heavy (non-hydrogen) atoms. The summed E-state index contributed by atoms with van der Waals surface area (Å²) < 4.78 is 60.8. The number of hydrogen-bond donors (Lipinski definition) is 4. The van der Waals surface area contributed by atoms with E-state index in [1.807, 2.05) is 26.8 Å². The van der Waals surface area contributed by atoms with E-state index in [-0.39, 0.29) is 36.5 Å². The molecule has 9 atom stereocenters. The van der Waals surface area contributed by atoms with Gasteiger partial charge in [-0.25, -0.2) is 9.59 Å². The summed E-state index contributed by atoms with van der Waals surface area (Å²) in [7, 11) is 3.61. The SMILES string of the molecule is COc1cc2cc(c1Cl)N(C)C(=O)C[C@H](OC(=O)[C@H](C)N(C)C(=O)CCC(C)(C)SSCC[C@H](C(=O)O)S(=O)(=O)O)[C@]1(C)O[C@H]1[C@H](C)[C@@H]1C[C@@](O)(NC(=O)O1)[C@H](OC)/C=C/C=C(\C)C2. The third-order valence-corrected chi connectivity index (χ3v) is 16.8. The summed E-state index contributed by atoms with van der Waals surface area (Å²) in [6.07, 6.45) is 0.374. The van der Waals surface area contributed by atoms with Gasteiger partial charge in [0.1, 0.15) is 40.7 Å². The van der Waals surface area contributed by atoms with Crippen molar-refractivity contribution in [3.8, 4) is 5.75 Å². The van der Waals surface area contributed by atoms with Gasteiger partial charge in [-0.2, -0.15) is 8.42 Å². The van der Waals surface area contributed by atoms with E-state index in [1.165, 1.54) is 66.6 Å². The third-order valence-electron chi connectivity index (χ3n) is 11.8. The number of ether oxygens (including phenoxy) is 5. The number of nitrogens with zero attached hydrogens (tertiary/aromatic N) is 2. The molecule has 18 nitrogen and oxygen atoms in total. The lowest BCUT2D eigenvalue weighted by atomic mass is 9.83. The standard InChI is InChI=1S/C42H60ClN3O15S3/c1-23-12-11-13-31(58-10)42(53)22-29(59-39(52)44-42)24(2)36-41(6,61-36)32(21-34(48)46(8)27-19-26(18-23)20-28(57-9)35(27)43)60-38(51)25(3)45(7)33(47)14-16-40(4,5)63-62-17-15-30(37(49)50)64(54,55)56/h11-13,19-20,24-25,29-32,36,53H,14-18,21-22H2,1-10H3,(H,44,52)(H,49,50)(H,54,55,56)/b13-11+,23-12+/t24-,25+,29+,30-,31-,32+,36+,41+,42+/m1/s1. The molecule has 2 fully saturated rings. The van der Waals surface area contributed by atoms with Gasteiger partial charge < -0.3 is 43.7 Å². The summed E-state index contributed by atoms with van der Waals surface area (Å²) >= 11 is 6.78. The first kappa shape index (κ1) is 53.0. The molecule has 0 spiro atoms. The number of epoxide rings is 1. The number of anilines is 1. The Hall–Kier alpha value is -3.57. The van der Waals surface area contributed by atoms with Crippen molar-refractivity contribution in [1.29, 1.82) is 0 Å². The van der Waals surface area contributed by atoms with E-state index in [0.717, 1.165) is 11.1 Å². The molecule has 0 unspecified atom stereocenters. The molecule has 2 saturated heterocycles. The zero-order chi connectivity index (χ0) is 48.1. The minimum atomic E-state index is -4.77. The van der Waals surface area contributed by atoms with Crippen LogP contribution in [-0.2, 0) is 54.7 Å². The highest BCUT2D eigenvalue weighted by Crippen LogP contribution is 2.49. The fourth-order valence-corrected chi connectivity index (χ4v) is 11.4. The van der Waals surface area contributed by atoms with Crippen LogP contribution < -0.4 is 15.0 Å². The number of carboxylic acids is 1. The molecule has 4 bridgehead atoms. The van der Waals surface area contributed by atoms with Crippen molar-refractivity contribution >= 4 is 78.8 Å². The van der Waals surface area contributed by atoms with E-state index in [4.69, 9.17) is 40.4 Å². The fraction of sp³-hybridized carbons (Fsp3) is 0.643. The molecule has 3 amide bonds. The first-order valence-electron chi connectivity index (χ1n) is 20.5. The number of hydrogen-bond acceptors (Lipinski definition) is 15. The van der Waals surface area contributed by atoms with E-state index < -0.39 is 97.7 Å². The average Bonchev–Trinajstić information content (AvgIpc) is 3.91. The molecule has 0 aromatic heterocycles. The number of allylic oxidation sites excluding steroid dienone is 3. The zero-order valence-electron chi connectivity index (χ0n) is 37.6. The number of alkyl carbamates (subject to hydrolysis) is 1. The Morgan fingerprint density at radius 1 is 1.20 bits per heavy atom. The minimum absolute atomic E-state index is 0.00418. The van der Waals surface area contributed by atoms with Crippen LogP contribution in [0.25, 0.3) is 0 Å². The normalized spacial score (nSPS) is 28.9. The van der Waals surface area contributed by atoms with Gasteiger partial charge in [0, 0.05) is 50.5 Å². The smallest absolute Gasteiger partial charge is 0.409 e. The Labute approximate surface area is 387 Å². The number of benzene rings is 1. The zero-order valence-corrected chi connectivity index (χ0v) is 40.8. The molecule has 0 radical (unpaired) electrons. The van der Waals surface area contributed by atoms with Crippen molar-refractivity contribution in [2.24, 2.45) is 5.92 Å². The number of amides is 3. The molecule has 4 rings (SSSR count). The van der Waals surface area contributed by atoms with E-state index in [9.17, 15) is 42.0 Å². The van der Waals surface area contributed by atoms with Crippen LogP contribution in [0.15, 0.2) is 35.9 Å². The van der Waals surface area contributed by atoms with E-state index >= 15 is 0 Å². The number of carbonyl (C=O) groups is 5. The Balaban J connectivity index is 1.58. The highest BCUT2D eigenvalue weighted by Gasteiger charge is 2.64. The number of fused-ring (bicyclic) bond motifs is 5. The summed E-state index contributed by atoms with van der Waals surface area (Å²) in [5.74, 6) is -3.53. The molecule has 358 valence electrons. The first-order valence-corrected chi connectivity index (χ1v) is 24.7. The van der Waals surface area contributed by atoms with Gasteiger partial charge >= 0.3 is 18.0 Å². The number of esters is 1. The summed E-state index contributed by atoms with van der Waals surface area (Å²) in [5.41, 5.74) is -1.19. The van der Waals surface area contributed by atoms with E-state index in [0.29, 0.717) is 24.3 Å². The van der Waals surface area contributed by atoms with Gasteiger partial charge in [0.05, 0.1) is 25.3 Å². The Morgan fingerprint density at radius 3 is 2.48 bits per heavy atom. The van der Waals surface area contributed by atoms with Crippen LogP contribution in [0.4, 0.5) is 10.5 Å². The molecule has 3 aliphatic heterocycles. The molecule has 3 aliphatic rings. The fourth-order valence-electron chi connectivity index (χ4n) is 7.60. The van der Waals surface area contributed by atoms with Gasteiger partial charge in [-0.05, 0) is 71.6 Å². The maximum Gasteiger partial charge on any atom is 0.409 e. The molecule has 1 aromatic carbocycles. The number of nitrogens with one attached hydrogen (secondary N) is 1. The molecule has 4 N–H and O–H groups in total. The van der Waals surface area contributed by atoms with Gasteiger partial charge in [-0.3, -0.25) is 24.3 Å². The number of carbonyl (C=O) groups excluding carboxylic acids is 4. The number of likely N-dealkylation sites (N-methyl/N-ethyl adjacent to an activating group) is 1. The largest absolute Gasteiger partial charge is 0.495 e. The van der Waals surface area contributed by atoms with Gasteiger partial charge in [-0.15, -0.1) is 0 Å². The third kappa shape index (κ3) is 13.1. The number of rotatable bonds is 15. The van der Waals surface area contributed by atoms with Gasteiger partial charge in [0.15, 0.2) is 11.0 Å². The van der Waals surface area contributed by atoms with Crippen molar-refractivity contribution in [1.82, 2.24) is 10.2 Å². The molecular weight excluding hydrogens is 918 g/mol. The van der Waals surface area contributed by atoms with Crippen LogP contribution >= 0.6 is 33.2 Å². The van der Waals surface area contributed by atoms with Crippen LogP contribution in [0, 0.1) is 5.92 Å². The lowest BCUT2D eigenvalue weighted by molar-refractivity contribution is -0.162. The molecule has 22 heteroatoms. The lowest BCUT2D eigenvalue weighted by Gasteiger charge is -2.42. The van der Waals surface area contributed by atoms with Crippen molar-refractivity contribution in [2.75, 3.05) is 39.0 Å². The first-order chi connectivity index (χ1) is 29.7. The Kier molecular flexibility index (Phi) is 17.7. The summed E-state index contributed by atoms with van der Waals surface area (Å²) in [5, 5.41) is 21.7. The topological polar surface area (TPSA) is 248 Å². The quantitative estimate of drug-likeness (QED) is 0.0581. The molecule has 3 heterocycles. The maximum atomic E-state index is 14.3. The van der Waals surface area contributed by atoms with Crippen molar-refractivity contribution in [3.63, 3.8) is 0 Å². The molecule has 0 saturated carbocycles. The molecular formula is C42H60ClN3O15S3. The molecule has 0 aliphatic carbocycles. The van der Waals surface area contributed by atoms with Crippen LogP contribution in [0.3, 0.4) is 0 Å². The summed E-state index contributed by atoms with van der Waals surface area (Å²) in [6, 6.07) is 2.39. The number of aliphatic hydroxyl groups is 1. The Bertz CT molecular complexity index is 2100. The Morgan fingerprint density at radius 2 is 1.88 bits per heavy atom. The second-order valence-corrected chi connectivity index (χ2v) is 22.3. The second-order valence-electron chi connectivity index (χ2n) is 17.2. The van der Waals surface area contributed by atoms with Crippen molar-refractivity contribution in [2.45, 2.75) is 132 Å². The molecule has 1 aromatic rings. The number of methoxy groups -OCH3 is 2. The van der Waals surface area contributed by atoms with E-state index in [1.54, 1.807) is 38.1 Å². The van der Waals surface area contributed by atoms with Crippen LogP contribution in [0.5, 0.6) is 5.75 Å². The van der Waals surface area contributed by atoms with Crippen molar-refractivity contribution < 1.29 is 70.8 Å². The van der Waals surface area contributed by atoms with Crippen LogP contribution in [0.2, 0.25) is 5.02 Å². The predicted octanol–water partition coefficient (Wildman–Crippen LogP) is 5.19. The number of aliphatic carboxylic acids is 1. The van der Waals surface area contributed by atoms with Gasteiger partial charge in [-0.1, -0.05) is 63.9 Å². The lowest BCUT2D eigenvalue weighted by Crippen LogP contribution is -2.63. The van der Waals surface area contributed by atoms with Gasteiger partial charge in [0.2, 0.25) is 11.8 Å². The number of carboxylic acid groups (broad SMARTS) is 1. The predicted molar refractivity (Wildman–Crippen MR) is 242 cm³/mol. The minimum Gasteiger partial charge on any atom is -0.495 e. The van der Waals surface area contributed by atoms with Crippen molar-refractivity contribution in [3.05, 3.63) is 46.5 Å².